The van der Waals surface area contributed by atoms with Gasteiger partial charge < -0.3 is 4.42 Å². The zero-order valence-corrected chi connectivity index (χ0v) is 13.6. The van der Waals surface area contributed by atoms with E-state index in [1.54, 1.807) is 23.5 Å². The molecule has 0 unspecified atom stereocenters. The van der Waals surface area contributed by atoms with Gasteiger partial charge in [0.25, 0.3) is 5.69 Å². The van der Waals surface area contributed by atoms with Crippen LogP contribution in [0.5, 0.6) is 0 Å². The summed E-state index contributed by atoms with van der Waals surface area (Å²) >= 11 is 1.56. The molecular formula is C17H14N2O4S. The molecule has 1 aromatic carbocycles. The first-order valence-electron chi connectivity index (χ1n) is 7.84. The highest BCUT2D eigenvalue weighted by molar-refractivity contribution is 7.18. The van der Waals surface area contributed by atoms with Crippen LogP contribution in [0.1, 0.15) is 29.7 Å². The Labute approximate surface area is 140 Å². The third kappa shape index (κ3) is 2.50. The van der Waals surface area contributed by atoms with Crippen molar-refractivity contribution in [2.45, 2.75) is 32.1 Å². The van der Waals surface area contributed by atoms with Crippen LogP contribution in [-0.2, 0) is 12.8 Å². The zero-order valence-electron chi connectivity index (χ0n) is 12.8. The fourth-order valence-corrected chi connectivity index (χ4v) is 4.36. The van der Waals surface area contributed by atoms with Crippen molar-refractivity contribution in [2.24, 2.45) is 0 Å². The maximum absolute atomic E-state index is 12.5. The molecule has 2 heterocycles. The summed E-state index contributed by atoms with van der Waals surface area (Å²) in [6.07, 6.45) is 5.30. The number of aromatic nitrogens is 1. The summed E-state index contributed by atoms with van der Waals surface area (Å²) in [6, 6.07) is 5.86. The molecule has 2 aromatic heterocycles. The molecule has 24 heavy (non-hydrogen) atoms. The van der Waals surface area contributed by atoms with E-state index in [1.165, 1.54) is 23.4 Å². The van der Waals surface area contributed by atoms with Crippen molar-refractivity contribution in [1.29, 1.82) is 0 Å². The Bertz CT molecular complexity index is 988. The molecule has 1 aliphatic carbocycles. The number of benzene rings is 1. The summed E-state index contributed by atoms with van der Waals surface area (Å²) < 4.78 is 5.41. The largest absolute Gasteiger partial charge is 0.403 e. The highest BCUT2D eigenvalue weighted by Gasteiger charge is 2.20. The normalized spacial score (nSPS) is 14.3. The van der Waals surface area contributed by atoms with Crippen molar-refractivity contribution in [3.8, 4) is 11.5 Å². The van der Waals surface area contributed by atoms with Gasteiger partial charge in [-0.05, 0) is 43.4 Å². The van der Waals surface area contributed by atoms with Gasteiger partial charge in [-0.25, -0.2) is 9.78 Å². The fourth-order valence-electron chi connectivity index (χ4n) is 3.12. The van der Waals surface area contributed by atoms with E-state index in [4.69, 9.17) is 4.42 Å². The predicted octanol–water partition coefficient (Wildman–Crippen LogP) is 4.09. The van der Waals surface area contributed by atoms with Crippen LogP contribution in [0.15, 0.2) is 33.5 Å². The SMILES string of the molecule is O=c1oc(-c2ccc([N+](=O)[O-])cc2)nc2sc3c(c12)CCCCC3. The van der Waals surface area contributed by atoms with Crippen LogP contribution in [0.4, 0.5) is 5.69 Å². The number of hydrogen-bond acceptors (Lipinski definition) is 6. The molecule has 122 valence electrons. The van der Waals surface area contributed by atoms with Gasteiger partial charge in [-0.2, -0.15) is 0 Å². The Morgan fingerprint density at radius 2 is 1.88 bits per heavy atom. The second-order valence-electron chi connectivity index (χ2n) is 5.86. The Balaban J connectivity index is 1.83. The van der Waals surface area contributed by atoms with E-state index in [1.807, 2.05) is 0 Å². The minimum Gasteiger partial charge on any atom is -0.403 e. The van der Waals surface area contributed by atoms with E-state index in [0.29, 0.717) is 15.8 Å². The molecule has 0 amide bonds. The van der Waals surface area contributed by atoms with Crippen molar-refractivity contribution >= 4 is 27.2 Å². The molecule has 0 N–H and O–H groups in total. The van der Waals surface area contributed by atoms with E-state index in [0.717, 1.165) is 31.2 Å². The smallest absolute Gasteiger partial charge is 0.348 e. The Morgan fingerprint density at radius 3 is 2.62 bits per heavy atom. The number of rotatable bonds is 2. The van der Waals surface area contributed by atoms with Gasteiger partial charge in [0, 0.05) is 22.6 Å². The monoisotopic (exact) mass is 342 g/mol. The molecule has 0 saturated heterocycles. The van der Waals surface area contributed by atoms with Crippen molar-refractivity contribution in [2.75, 3.05) is 0 Å². The average Bonchev–Trinajstić information content (AvgIpc) is 2.77. The second-order valence-corrected chi connectivity index (χ2v) is 6.94. The van der Waals surface area contributed by atoms with Crippen LogP contribution in [-0.4, -0.2) is 9.91 Å². The molecule has 1 aliphatic rings. The Hall–Kier alpha value is -2.54. The lowest BCUT2D eigenvalue weighted by Crippen LogP contribution is -2.03. The van der Waals surface area contributed by atoms with E-state index >= 15 is 0 Å². The topological polar surface area (TPSA) is 86.2 Å². The lowest BCUT2D eigenvalue weighted by atomic mass is 10.1. The third-order valence-electron chi connectivity index (χ3n) is 4.32. The van der Waals surface area contributed by atoms with Gasteiger partial charge in [-0.15, -0.1) is 11.3 Å². The summed E-state index contributed by atoms with van der Waals surface area (Å²) in [5, 5.41) is 11.3. The number of nitrogens with zero attached hydrogens (tertiary/aromatic N) is 2. The van der Waals surface area contributed by atoms with Crippen molar-refractivity contribution in [3.63, 3.8) is 0 Å². The Kier molecular flexibility index (Phi) is 3.65. The molecule has 0 atom stereocenters. The van der Waals surface area contributed by atoms with Gasteiger partial charge in [0.2, 0.25) is 5.89 Å². The number of aryl methyl sites for hydroxylation is 2. The van der Waals surface area contributed by atoms with Crippen LogP contribution in [0.25, 0.3) is 21.7 Å². The summed E-state index contributed by atoms with van der Waals surface area (Å²) in [6.45, 7) is 0. The van der Waals surface area contributed by atoms with Crippen LogP contribution in [0.2, 0.25) is 0 Å². The fraction of sp³-hybridized carbons (Fsp3) is 0.294. The molecule has 6 nitrogen and oxygen atoms in total. The van der Waals surface area contributed by atoms with Crippen molar-refractivity contribution in [3.05, 3.63) is 55.2 Å². The third-order valence-corrected chi connectivity index (χ3v) is 5.51. The van der Waals surface area contributed by atoms with Gasteiger partial charge in [0.1, 0.15) is 10.2 Å². The molecule has 0 fully saturated rings. The molecule has 0 radical (unpaired) electrons. The predicted molar refractivity (Wildman–Crippen MR) is 91.5 cm³/mol. The summed E-state index contributed by atoms with van der Waals surface area (Å²) in [7, 11) is 0. The summed E-state index contributed by atoms with van der Waals surface area (Å²) in [4.78, 5) is 29.2. The first-order valence-corrected chi connectivity index (χ1v) is 8.65. The number of thiophene rings is 1. The molecule has 0 saturated carbocycles. The van der Waals surface area contributed by atoms with E-state index in [-0.39, 0.29) is 17.2 Å². The van der Waals surface area contributed by atoms with Crippen LogP contribution >= 0.6 is 11.3 Å². The van der Waals surface area contributed by atoms with E-state index in [9.17, 15) is 14.9 Å². The Morgan fingerprint density at radius 1 is 1.12 bits per heavy atom. The van der Waals surface area contributed by atoms with Crippen molar-refractivity contribution < 1.29 is 9.34 Å². The van der Waals surface area contributed by atoms with Crippen LogP contribution < -0.4 is 5.63 Å². The first-order chi connectivity index (χ1) is 11.6. The van der Waals surface area contributed by atoms with Crippen LogP contribution in [0.3, 0.4) is 0 Å². The van der Waals surface area contributed by atoms with Gasteiger partial charge in [0.15, 0.2) is 0 Å². The minimum atomic E-state index is -0.465. The molecule has 0 bridgehead atoms. The number of hydrogen-bond donors (Lipinski definition) is 0. The molecule has 3 aromatic rings. The standard InChI is InChI=1S/C17H14N2O4S/c20-17-14-12-4-2-1-3-5-13(12)24-16(14)18-15(23-17)10-6-8-11(9-7-10)19(21)22/h6-9H,1-5H2. The lowest BCUT2D eigenvalue weighted by Gasteiger charge is -2.00. The summed E-state index contributed by atoms with van der Waals surface area (Å²) in [5.74, 6) is 0.207. The zero-order chi connectivity index (χ0) is 16.7. The van der Waals surface area contributed by atoms with Gasteiger partial charge in [-0.3, -0.25) is 10.1 Å². The average molecular weight is 342 g/mol. The minimum absolute atomic E-state index is 0.00925. The highest BCUT2D eigenvalue weighted by atomic mass is 32.1. The van der Waals surface area contributed by atoms with Gasteiger partial charge >= 0.3 is 5.63 Å². The first kappa shape index (κ1) is 15.0. The van der Waals surface area contributed by atoms with Crippen molar-refractivity contribution in [1.82, 2.24) is 4.98 Å². The molecule has 0 aliphatic heterocycles. The van der Waals surface area contributed by atoms with Gasteiger partial charge in [0.05, 0.1) is 4.92 Å². The van der Waals surface area contributed by atoms with E-state index < -0.39 is 4.92 Å². The summed E-state index contributed by atoms with van der Waals surface area (Å²) in [5.41, 5.74) is 1.28. The second kappa shape index (κ2) is 5.83. The number of fused-ring (bicyclic) bond motifs is 3. The maximum Gasteiger partial charge on any atom is 0.348 e. The molecule has 7 heteroatoms. The molecule has 4 rings (SSSR count). The maximum atomic E-state index is 12.5. The number of non-ortho nitro benzene ring substituents is 1. The number of nitro groups is 1. The van der Waals surface area contributed by atoms with Gasteiger partial charge in [-0.1, -0.05) is 6.42 Å². The van der Waals surface area contributed by atoms with E-state index in [2.05, 4.69) is 4.98 Å². The molecular weight excluding hydrogens is 328 g/mol. The van der Waals surface area contributed by atoms with Crippen LogP contribution in [0, 0.1) is 10.1 Å². The lowest BCUT2D eigenvalue weighted by molar-refractivity contribution is -0.384. The quantitative estimate of drug-likeness (QED) is 0.398. The highest BCUT2D eigenvalue weighted by Crippen LogP contribution is 2.34. The number of nitro benzene ring substituents is 1. The molecule has 0 spiro atoms.